The maximum atomic E-state index is 14.4. The van der Waals surface area contributed by atoms with E-state index >= 15 is 0 Å². The molecule has 0 aliphatic carbocycles. The molecular weight excluding hydrogens is 532 g/mol. The summed E-state index contributed by atoms with van der Waals surface area (Å²) in [6.07, 6.45) is 0.00351. The molecule has 5 atom stereocenters. The predicted molar refractivity (Wildman–Crippen MR) is 159 cm³/mol. The molecule has 0 saturated carbocycles. The van der Waals surface area contributed by atoms with Crippen LogP contribution in [-0.2, 0) is 39.4 Å². The average molecular weight is 571 g/mol. The van der Waals surface area contributed by atoms with Crippen molar-refractivity contribution in [3.05, 3.63) is 101 Å². The molecule has 2 N–H and O–H groups in total. The summed E-state index contributed by atoms with van der Waals surface area (Å²) in [6.45, 7) is 6.44. The van der Waals surface area contributed by atoms with E-state index in [0.717, 1.165) is 27.9 Å². The Morgan fingerprint density at radius 1 is 1.00 bits per heavy atom. The molecule has 2 amide bonds. The number of ether oxygens (including phenoxy) is 1. The van der Waals surface area contributed by atoms with Crippen LogP contribution in [0.4, 0.5) is 5.69 Å². The number of rotatable bonds is 6. The molecule has 7 nitrogen and oxygen atoms in total. The van der Waals surface area contributed by atoms with Crippen LogP contribution in [0.25, 0.3) is 0 Å². The van der Waals surface area contributed by atoms with E-state index in [1.807, 2.05) is 98.9 Å². The summed E-state index contributed by atoms with van der Waals surface area (Å²) >= 11 is 0. The topological polar surface area (TPSA) is 90.3 Å². The van der Waals surface area contributed by atoms with Gasteiger partial charge in [0.25, 0.3) is 5.91 Å². The number of aliphatic hydroxyl groups is 1. The lowest BCUT2D eigenvalue weighted by Gasteiger charge is -2.37. The minimum Gasteiger partial charge on any atom is -0.432 e. The lowest BCUT2D eigenvalue weighted by Crippen LogP contribution is -2.48. The van der Waals surface area contributed by atoms with Gasteiger partial charge in [0.15, 0.2) is 13.9 Å². The average Bonchev–Trinajstić information content (AvgIpc) is 3.39. The lowest BCUT2D eigenvalue weighted by molar-refractivity contribution is -0.151. The van der Waals surface area contributed by atoms with Crippen molar-refractivity contribution in [2.75, 3.05) is 11.5 Å². The Morgan fingerprint density at radius 2 is 1.66 bits per heavy atom. The summed E-state index contributed by atoms with van der Waals surface area (Å²) in [5, 5.41) is 10.2. The van der Waals surface area contributed by atoms with Gasteiger partial charge in [0.05, 0.1) is 37.4 Å². The predicted octanol–water partition coefficient (Wildman–Crippen LogP) is 4.37. The number of carbonyl (C=O) groups excluding carboxylic acids is 2. The van der Waals surface area contributed by atoms with Crippen molar-refractivity contribution in [1.29, 1.82) is 0 Å². The van der Waals surface area contributed by atoms with Gasteiger partial charge < -0.3 is 24.4 Å². The SMILES string of the molecule is C[C@@H]1[C@@H]([Si](C)(C)O)[C@H](CC(=O)N2Cc3ccccc3C[C@H]2CO)O[C@@]12C(=O)N(Cc1ccccc1)c1ccccc12. The Labute approximate surface area is 242 Å². The summed E-state index contributed by atoms with van der Waals surface area (Å²) < 4.78 is 6.84. The summed E-state index contributed by atoms with van der Waals surface area (Å²) in [4.78, 5) is 43.5. The summed E-state index contributed by atoms with van der Waals surface area (Å²) in [5.74, 6) is -0.610. The van der Waals surface area contributed by atoms with Gasteiger partial charge in [0.2, 0.25) is 5.91 Å². The highest BCUT2D eigenvalue weighted by atomic mass is 28.4. The van der Waals surface area contributed by atoms with Crippen LogP contribution >= 0.6 is 0 Å². The minimum absolute atomic E-state index is 0.0422. The molecule has 3 aliphatic rings. The second-order valence-electron chi connectivity index (χ2n) is 12.3. The highest BCUT2D eigenvalue weighted by Gasteiger charge is 2.66. The number of amides is 2. The van der Waals surface area contributed by atoms with E-state index in [2.05, 4.69) is 0 Å². The molecule has 3 aromatic rings. The van der Waals surface area contributed by atoms with Crippen molar-refractivity contribution < 1.29 is 24.2 Å². The van der Waals surface area contributed by atoms with Crippen LogP contribution in [0.15, 0.2) is 78.9 Å². The van der Waals surface area contributed by atoms with E-state index < -0.39 is 20.0 Å². The van der Waals surface area contributed by atoms with E-state index in [9.17, 15) is 19.5 Å². The van der Waals surface area contributed by atoms with E-state index in [-0.39, 0.29) is 42.3 Å². The molecule has 0 unspecified atom stereocenters. The fourth-order valence-electron chi connectivity index (χ4n) is 7.49. The first-order valence-electron chi connectivity index (χ1n) is 14.5. The smallest absolute Gasteiger partial charge is 0.264 e. The van der Waals surface area contributed by atoms with Crippen molar-refractivity contribution in [3.8, 4) is 0 Å². The number of hydrogen-bond donors (Lipinski definition) is 2. The molecule has 214 valence electrons. The summed E-state index contributed by atoms with van der Waals surface area (Å²) in [6, 6.07) is 25.3. The minimum atomic E-state index is -2.91. The van der Waals surface area contributed by atoms with Crippen molar-refractivity contribution >= 4 is 25.8 Å². The van der Waals surface area contributed by atoms with E-state index in [1.54, 1.807) is 9.80 Å². The first-order chi connectivity index (χ1) is 19.6. The Bertz CT molecular complexity index is 1460. The van der Waals surface area contributed by atoms with Crippen LogP contribution in [0.2, 0.25) is 18.6 Å². The second kappa shape index (κ2) is 10.5. The molecule has 41 heavy (non-hydrogen) atoms. The van der Waals surface area contributed by atoms with Crippen LogP contribution in [0, 0.1) is 5.92 Å². The number of aliphatic hydroxyl groups excluding tert-OH is 1. The van der Waals surface area contributed by atoms with Crippen molar-refractivity contribution in [2.45, 2.75) is 69.2 Å². The molecule has 6 rings (SSSR count). The number of nitrogens with zero attached hydrogens (tertiary/aromatic N) is 2. The normalized spacial score (nSPS) is 27.3. The molecule has 3 aliphatic heterocycles. The third kappa shape index (κ3) is 4.63. The van der Waals surface area contributed by atoms with Gasteiger partial charge in [0, 0.05) is 23.6 Å². The number of carbonyl (C=O) groups is 2. The van der Waals surface area contributed by atoms with Gasteiger partial charge in [-0.2, -0.15) is 0 Å². The summed E-state index contributed by atoms with van der Waals surface area (Å²) in [7, 11) is -2.91. The Balaban J connectivity index is 1.34. The zero-order valence-corrected chi connectivity index (χ0v) is 24.9. The number of para-hydroxylation sites is 1. The number of fused-ring (bicyclic) bond motifs is 3. The van der Waals surface area contributed by atoms with Crippen LogP contribution in [0.5, 0.6) is 0 Å². The molecule has 1 spiro atoms. The van der Waals surface area contributed by atoms with E-state index in [1.165, 1.54) is 0 Å². The van der Waals surface area contributed by atoms with Crippen LogP contribution in [0.3, 0.4) is 0 Å². The van der Waals surface area contributed by atoms with Gasteiger partial charge >= 0.3 is 0 Å². The van der Waals surface area contributed by atoms with Gasteiger partial charge in [-0.1, -0.05) is 79.7 Å². The maximum absolute atomic E-state index is 14.4. The third-order valence-electron chi connectivity index (χ3n) is 9.34. The fourth-order valence-corrected chi connectivity index (χ4v) is 10.0. The lowest BCUT2D eigenvalue weighted by atomic mass is 9.82. The van der Waals surface area contributed by atoms with Crippen molar-refractivity contribution in [1.82, 2.24) is 4.90 Å². The van der Waals surface area contributed by atoms with Gasteiger partial charge in [-0.05, 0) is 42.3 Å². The van der Waals surface area contributed by atoms with Crippen LogP contribution in [0.1, 0.15) is 35.6 Å². The van der Waals surface area contributed by atoms with Gasteiger partial charge in [-0.25, -0.2) is 0 Å². The van der Waals surface area contributed by atoms with Gasteiger partial charge in [-0.15, -0.1) is 0 Å². The van der Waals surface area contributed by atoms with Gasteiger partial charge in [-0.3, -0.25) is 9.59 Å². The van der Waals surface area contributed by atoms with Crippen LogP contribution < -0.4 is 4.90 Å². The Hall–Kier alpha value is -3.30. The Morgan fingerprint density at radius 3 is 2.37 bits per heavy atom. The molecule has 0 aromatic heterocycles. The first kappa shape index (κ1) is 27.8. The van der Waals surface area contributed by atoms with Gasteiger partial charge in [0.1, 0.15) is 0 Å². The maximum Gasteiger partial charge on any atom is 0.264 e. The monoisotopic (exact) mass is 570 g/mol. The first-order valence-corrected chi connectivity index (χ1v) is 17.5. The standard InChI is InChI=1S/C33H38N2O5Si/c1-22-31(41(2,3)39)29(18-30(37)34-20-25-14-8-7-13-24(25)17-26(34)21-36)40-33(22)27-15-9-10-16-28(27)35(32(33)38)19-23-11-5-4-6-12-23/h4-16,22,26,29,31,36,39H,17-21H2,1-3H3/t22-,26+,29+,31-,33+/m1/s1. The molecule has 3 heterocycles. The molecule has 1 saturated heterocycles. The number of anilines is 1. The van der Waals surface area contributed by atoms with Crippen molar-refractivity contribution in [2.24, 2.45) is 5.92 Å². The summed E-state index contributed by atoms with van der Waals surface area (Å²) in [5.41, 5.74) is 3.22. The second-order valence-corrected chi connectivity index (χ2v) is 16.3. The quantitative estimate of drug-likeness (QED) is 0.430. The van der Waals surface area contributed by atoms with Crippen molar-refractivity contribution in [3.63, 3.8) is 0 Å². The number of hydrogen-bond acceptors (Lipinski definition) is 5. The highest BCUT2D eigenvalue weighted by molar-refractivity contribution is 6.71. The number of benzene rings is 3. The molecule has 8 heteroatoms. The molecule has 1 fully saturated rings. The largest absolute Gasteiger partial charge is 0.432 e. The Kier molecular flexibility index (Phi) is 7.14. The van der Waals surface area contributed by atoms with Crippen LogP contribution in [-0.4, -0.2) is 53.7 Å². The molecular formula is C33H38N2O5Si. The molecule has 3 aromatic carbocycles. The zero-order valence-electron chi connectivity index (χ0n) is 23.9. The van der Waals surface area contributed by atoms with E-state index in [0.29, 0.717) is 19.5 Å². The highest BCUT2D eigenvalue weighted by Crippen LogP contribution is 2.59. The molecule has 0 radical (unpaired) electrons. The fraction of sp³-hybridized carbons (Fsp3) is 0.394. The third-order valence-corrected chi connectivity index (χ3v) is 11.8. The van der Waals surface area contributed by atoms with E-state index in [4.69, 9.17) is 4.74 Å². The molecule has 0 bridgehead atoms. The zero-order chi connectivity index (χ0) is 28.9.